The van der Waals surface area contributed by atoms with E-state index in [-0.39, 0.29) is 5.56 Å². The van der Waals surface area contributed by atoms with Gasteiger partial charge in [-0.2, -0.15) is 10.4 Å². The lowest BCUT2D eigenvalue weighted by Gasteiger charge is -2.19. The summed E-state index contributed by atoms with van der Waals surface area (Å²) in [5.41, 5.74) is 0.704. The van der Waals surface area contributed by atoms with Gasteiger partial charge in [-0.1, -0.05) is 6.07 Å². The number of alkyl carbamates (subject to hydrolysis) is 1. The number of benzene rings is 1. The molecule has 1 amide bonds. The third-order valence-electron chi connectivity index (χ3n) is 3.05. The molecule has 0 saturated carbocycles. The standard InChI is InChI=1S/C17H19FN4O2/c1-17(2,3)24-16(23)20-6-7-22-11-13(10-21-22)14-5-4-12(9-19)8-15(14)18/h4-5,8,10-11H,6-7H2,1-3H3,(H,20,23). The van der Waals surface area contributed by atoms with Crippen LogP contribution in [0.15, 0.2) is 30.6 Å². The second-order valence-electron chi connectivity index (χ2n) is 6.23. The number of nitrogens with zero attached hydrogens (tertiary/aromatic N) is 3. The Labute approximate surface area is 139 Å². The molecule has 0 fully saturated rings. The van der Waals surface area contributed by atoms with E-state index < -0.39 is 17.5 Å². The van der Waals surface area contributed by atoms with Crippen LogP contribution in [-0.4, -0.2) is 28.0 Å². The fraction of sp³-hybridized carbons (Fsp3) is 0.353. The highest BCUT2D eigenvalue weighted by Crippen LogP contribution is 2.22. The predicted molar refractivity (Wildman–Crippen MR) is 86.6 cm³/mol. The van der Waals surface area contributed by atoms with Crippen LogP contribution in [0.1, 0.15) is 26.3 Å². The van der Waals surface area contributed by atoms with Gasteiger partial charge in [0.15, 0.2) is 0 Å². The summed E-state index contributed by atoms with van der Waals surface area (Å²) in [6.07, 6.45) is 2.73. The quantitative estimate of drug-likeness (QED) is 0.934. The van der Waals surface area contributed by atoms with Crippen LogP contribution in [0.3, 0.4) is 0 Å². The number of amides is 1. The molecular weight excluding hydrogens is 311 g/mol. The molecule has 1 aromatic heterocycles. The number of hydrogen-bond acceptors (Lipinski definition) is 4. The highest BCUT2D eigenvalue weighted by atomic mass is 19.1. The van der Waals surface area contributed by atoms with Crippen molar-refractivity contribution in [3.8, 4) is 17.2 Å². The zero-order valence-electron chi connectivity index (χ0n) is 13.8. The van der Waals surface area contributed by atoms with Crippen molar-refractivity contribution in [3.05, 3.63) is 42.0 Å². The van der Waals surface area contributed by atoms with Crippen molar-refractivity contribution in [2.45, 2.75) is 32.9 Å². The van der Waals surface area contributed by atoms with Crippen LogP contribution >= 0.6 is 0 Å². The molecule has 0 bridgehead atoms. The number of nitrogens with one attached hydrogen (secondary N) is 1. The van der Waals surface area contributed by atoms with Gasteiger partial charge in [-0.15, -0.1) is 0 Å². The van der Waals surface area contributed by atoms with E-state index in [4.69, 9.17) is 10.00 Å². The minimum absolute atomic E-state index is 0.269. The Morgan fingerprint density at radius 2 is 2.21 bits per heavy atom. The predicted octanol–water partition coefficient (Wildman–Crippen LogP) is 3.09. The number of hydrogen-bond donors (Lipinski definition) is 1. The Hall–Kier alpha value is -2.88. The van der Waals surface area contributed by atoms with Crippen LogP contribution in [-0.2, 0) is 11.3 Å². The summed E-state index contributed by atoms with van der Waals surface area (Å²) in [6, 6.07) is 6.19. The zero-order valence-corrected chi connectivity index (χ0v) is 13.8. The Balaban J connectivity index is 1.94. The van der Waals surface area contributed by atoms with E-state index in [1.54, 1.807) is 43.8 Å². The number of carbonyl (C=O) groups excluding carboxylic acids is 1. The average Bonchev–Trinajstić information content (AvgIpc) is 2.93. The maximum Gasteiger partial charge on any atom is 0.407 e. The summed E-state index contributed by atoms with van der Waals surface area (Å²) < 4.78 is 20.7. The van der Waals surface area contributed by atoms with Gasteiger partial charge < -0.3 is 10.1 Å². The van der Waals surface area contributed by atoms with Crippen molar-refractivity contribution in [1.82, 2.24) is 15.1 Å². The van der Waals surface area contributed by atoms with E-state index >= 15 is 0 Å². The van der Waals surface area contributed by atoms with Gasteiger partial charge in [-0.25, -0.2) is 9.18 Å². The topological polar surface area (TPSA) is 79.9 Å². The van der Waals surface area contributed by atoms with Crippen LogP contribution in [0, 0.1) is 17.1 Å². The van der Waals surface area contributed by atoms with Crippen molar-refractivity contribution in [3.63, 3.8) is 0 Å². The summed E-state index contributed by atoms with van der Waals surface area (Å²) in [7, 11) is 0. The first kappa shape index (κ1) is 17.5. The third-order valence-corrected chi connectivity index (χ3v) is 3.05. The SMILES string of the molecule is CC(C)(C)OC(=O)NCCn1cc(-c2ccc(C#N)cc2F)cn1. The maximum atomic E-state index is 14.0. The van der Waals surface area contributed by atoms with Gasteiger partial charge >= 0.3 is 6.09 Å². The number of nitriles is 1. The van der Waals surface area contributed by atoms with Gasteiger partial charge in [0, 0.05) is 23.9 Å². The molecule has 0 unspecified atom stereocenters. The van der Waals surface area contributed by atoms with Gasteiger partial charge in [0.2, 0.25) is 0 Å². The number of carbonyl (C=O) groups is 1. The summed E-state index contributed by atoms with van der Waals surface area (Å²) in [4.78, 5) is 11.5. The third kappa shape index (κ3) is 4.81. The zero-order chi connectivity index (χ0) is 17.7. The van der Waals surface area contributed by atoms with Gasteiger partial charge in [0.05, 0.1) is 24.4 Å². The Morgan fingerprint density at radius 3 is 2.83 bits per heavy atom. The maximum absolute atomic E-state index is 14.0. The second kappa shape index (κ2) is 7.13. The fourth-order valence-electron chi connectivity index (χ4n) is 2.03. The van der Waals surface area contributed by atoms with Crippen molar-refractivity contribution in [2.75, 3.05) is 6.54 Å². The molecule has 24 heavy (non-hydrogen) atoms. The monoisotopic (exact) mass is 330 g/mol. The van der Waals surface area contributed by atoms with E-state index in [9.17, 15) is 9.18 Å². The van der Waals surface area contributed by atoms with Crippen LogP contribution in [0.5, 0.6) is 0 Å². The lowest BCUT2D eigenvalue weighted by atomic mass is 10.1. The van der Waals surface area contributed by atoms with Gasteiger partial charge in [0.25, 0.3) is 0 Å². The van der Waals surface area contributed by atoms with Crippen molar-refractivity contribution in [1.29, 1.82) is 5.26 Å². The molecule has 6 nitrogen and oxygen atoms in total. The molecule has 2 rings (SSSR count). The summed E-state index contributed by atoms with van der Waals surface area (Å²) in [5.74, 6) is -0.472. The Kier molecular flexibility index (Phi) is 5.19. The molecule has 2 aromatic rings. The molecule has 0 aliphatic heterocycles. The van der Waals surface area contributed by atoms with Crippen molar-refractivity contribution < 1.29 is 13.9 Å². The lowest BCUT2D eigenvalue weighted by Crippen LogP contribution is -2.34. The smallest absolute Gasteiger partial charge is 0.407 e. The minimum Gasteiger partial charge on any atom is -0.444 e. The normalized spacial score (nSPS) is 11.0. The minimum atomic E-state index is -0.546. The molecule has 0 radical (unpaired) electrons. The summed E-state index contributed by atoms with van der Waals surface area (Å²) in [5, 5.41) is 15.5. The molecular formula is C17H19FN4O2. The van der Waals surface area contributed by atoms with Crippen LogP contribution in [0.4, 0.5) is 9.18 Å². The number of ether oxygens (including phenoxy) is 1. The molecule has 7 heteroatoms. The van der Waals surface area contributed by atoms with Crippen LogP contribution < -0.4 is 5.32 Å². The summed E-state index contributed by atoms with van der Waals surface area (Å²) >= 11 is 0. The van der Waals surface area contributed by atoms with E-state index in [2.05, 4.69) is 10.4 Å². The molecule has 0 spiro atoms. The first-order chi connectivity index (χ1) is 11.3. The average molecular weight is 330 g/mol. The first-order valence-electron chi connectivity index (χ1n) is 7.48. The molecule has 126 valence electrons. The largest absolute Gasteiger partial charge is 0.444 e. The van der Waals surface area contributed by atoms with E-state index in [0.717, 1.165) is 0 Å². The molecule has 0 aliphatic carbocycles. The van der Waals surface area contributed by atoms with Gasteiger partial charge in [-0.3, -0.25) is 4.68 Å². The lowest BCUT2D eigenvalue weighted by molar-refractivity contribution is 0.0525. The number of rotatable bonds is 4. The van der Waals surface area contributed by atoms with Crippen LogP contribution in [0.2, 0.25) is 0 Å². The van der Waals surface area contributed by atoms with Crippen LogP contribution in [0.25, 0.3) is 11.1 Å². The van der Waals surface area contributed by atoms with E-state index in [1.807, 2.05) is 6.07 Å². The van der Waals surface area contributed by atoms with E-state index in [0.29, 0.717) is 24.2 Å². The molecule has 1 heterocycles. The molecule has 0 atom stereocenters. The van der Waals surface area contributed by atoms with Gasteiger partial charge in [-0.05, 0) is 32.9 Å². The second-order valence-corrected chi connectivity index (χ2v) is 6.23. The Morgan fingerprint density at radius 1 is 1.46 bits per heavy atom. The molecule has 0 saturated heterocycles. The highest BCUT2D eigenvalue weighted by molar-refractivity contribution is 5.67. The van der Waals surface area contributed by atoms with E-state index in [1.165, 1.54) is 12.3 Å². The number of halogens is 1. The van der Waals surface area contributed by atoms with Gasteiger partial charge in [0.1, 0.15) is 11.4 Å². The molecule has 1 N–H and O–H groups in total. The van der Waals surface area contributed by atoms with Crippen molar-refractivity contribution in [2.24, 2.45) is 0 Å². The molecule has 0 aliphatic rings. The molecule has 1 aromatic carbocycles. The summed E-state index contributed by atoms with van der Waals surface area (Å²) in [6.45, 7) is 6.14. The number of aromatic nitrogens is 2. The fourth-order valence-corrected chi connectivity index (χ4v) is 2.03. The Bertz CT molecular complexity index is 772. The first-order valence-corrected chi connectivity index (χ1v) is 7.48. The van der Waals surface area contributed by atoms with Crippen molar-refractivity contribution >= 4 is 6.09 Å². The highest BCUT2D eigenvalue weighted by Gasteiger charge is 2.15.